The standard InChI is InChI=1S/C16H14N4O3S/c1-11(21)20-15(12-7-8-23-9-12)18-19-16(20)24-10-14(22)17-13-5-3-2-4-6-13/h2-9H,10H2,1H3,(H,17,22). The van der Waals surface area contributed by atoms with Crippen molar-refractivity contribution in [3.05, 3.63) is 48.9 Å². The van der Waals surface area contributed by atoms with Crippen molar-refractivity contribution < 1.29 is 14.0 Å². The molecule has 2 heterocycles. The van der Waals surface area contributed by atoms with Crippen molar-refractivity contribution in [3.8, 4) is 11.4 Å². The molecule has 0 aliphatic heterocycles. The Morgan fingerprint density at radius 3 is 2.67 bits per heavy atom. The molecular formula is C16H14N4O3S. The zero-order valence-corrected chi connectivity index (χ0v) is 13.6. The highest BCUT2D eigenvalue weighted by Gasteiger charge is 2.19. The first-order valence-electron chi connectivity index (χ1n) is 7.12. The second-order valence-corrected chi connectivity index (χ2v) is 5.82. The summed E-state index contributed by atoms with van der Waals surface area (Å²) in [6, 6.07) is 10.9. The minimum Gasteiger partial charge on any atom is -0.472 e. The average Bonchev–Trinajstić information content (AvgIpc) is 3.23. The number of thioether (sulfide) groups is 1. The topological polar surface area (TPSA) is 90.0 Å². The van der Waals surface area contributed by atoms with Crippen molar-refractivity contribution in [2.45, 2.75) is 12.1 Å². The predicted molar refractivity (Wildman–Crippen MR) is 89.8 cm³/mol. The van der Waals surface area contributed by atoms with E-state index in [0.717, 1.165) is 17.4 Å². The molecule has 7 nitrogen and oxygen atoms in total. The lowest BCUT2D eigenvalue weighted by Gasteiger charge is -2.06. The summed E-state index contributed by atoms with van der Waals surface area (Å²) in [6.07, 6.45) is 2.98. The number of rotatable bonds is 5. The smallest absolute Gasteiger partial charge is 0.234 e. The van der Waals surface area contributed by atoms with E-state index >= 15 is 0 Å². The lowest BCUT2D eigenvalue weighted by molar-refractivity contribution is -0.113. The van der Waals surface area contributed by atoms with Gasteiger partial charge in [0.25, 0.3) is 0 Å². The summed E-state index contributed by atoms with van der Waals surface area (Å²) in [7, 11) is 0. The Kier molecular flexibility index (Phi) is 4.76. The van der Waals surface area contributed by atoms with Crippen molar-refractivity contribution in [1.29, 1.82) is 0 Å². The van der Waals surface area contributed by atoms with Crippen LogP contribution in [0.1, 0.15) is 11.7 Å². The average molecular weight is 342 g/mol. The van der Waals surface area contributed by atoms with E-state index in [1.54, 1.807) is 18.2 Å². The zero-order valence-electron chi connectivity index (χ0n) is 12.8. The van der Waals surface area contributed by atoms with Gasteiger partial charge in [0.05, 0.1) is 17.6 Å². The predicted octanol–water partition coefficient (Wildman–Crippen LogP) is 2.93. The zero-order chi connectivity index (χ0) is 16.9. The molecule has 0 fully saturated rings. The summed E-state index contributed by atoms with van der Waals surface area (Å²) in [5, 5.41) is 11.2. The summed E-state index contributed by atoms with van der Waals surface area (Å²) >= 11 is 1.15. The summed E-state index contributed by atoms with van der Waals surface area (Å²) in [5.41, 5.74) is 1.37. The third kappa shape index (κ3) is 3.54. The normalized spacial score (nSPS) is 10.5. The van der Waals surface area contributed by atoms with Gasteiger partial charge in [0.15, 0.2) is 11.0 Å². The molecule has 1 amide bonds. The van der Waals surface area contributed by atoms with E-state index in [-0.39, 0.29) is 17.6 Å². The molecule has 0 saturated heterocycles. The summed E-state index contributed by atoms with van der Waals surface area (Å²) in [6.45, 7) is 1.42. The highest BCUT2D eigenvalue weighted by atomic mass is 32.2. The van der Waals surface area contributed by atoms with Crippen LogP contribution < -0.4 is 5.32 Å². The molecule has 8 heteroatoms. The fourth-order valence-electron chi connectivity index (χ4n) is 2.07. The van der Waals surface area contributed by atoms with Crippen molar-refractivity contribution in [2.75, 3.05) is 11.1 Å². The van der Waals surface area contributed by atoms with Gasteiger partial charge in [-0.15, -0.1) is 10.2 Å². The molecule has 0 aliphatic carbocycles. The van der Waals surface area contributed by atoms with E-state index in [1.807, 2.05) is 18.2 Å². The number of hydrogen-bond acceptors (Lipinski definition) is 6. The lowest BCUT2D eigenvalue weighted by Crippen LogP contribution is -2.15. The van der Waals surface area contributed by atoms with Gasteiger partial charge in [-0.1, -0.05) is 30.0 Å². The van der Waals surface area contributed by atoms with Gasteiger partial charge >= 0.3 is 0 Å². The Morgan fingerprint density at radius 1 is 1.21 bits per heavy atom. The number of carbonyl (C=O) groups excluding carboxylic acids is 2. The van der Waals surface area contributed by atoms with Crippen molar-refractivity contribution in [2.24, 2.45) is 0 Å². The van der Waals surface area contributed by atoms with Crippen LogP contribution in [0.4, 0.5) is 5.69 Å². The highest BCUT2D eigenvalue weighted by molar-refractivity contribution is 7.99. The molecule has 122 valence electrons. The summed E-state index contributed by atoms with van der Waals surface area (Å²) in [5.74, 6) is 0.0876. The number of furan rings is 1. The van der Waals surface area contributed by atoms with E-state index in [4.69, 9.17) is 4.42 Å². The number of benzene rings is 1. The van der Waals surface area contributed by atoms with Gasteiger partial charge in [0.2, 0.25) is 11.8 Å². The first kappa shape index (κ1) is 16.0. The quantitative estimate of drug-likeness (QED) is 0.717. The molecule has 0 bridgehead atoms. The van der Waals surface area contributed by atoms with Crippen molar-refractivity contribution >= 4 is 29.3 Å². The van der Waals surface area contributed by atoms with Crippen molar-refractivity contribution in [3.63, 3.8) is 0 Å². The molecule has 2 aromatic heterocycles. The number of aromatic nitrogens is 3. The monoisotopic (exact) mass is 342 g/mol. The number of hydrogen-bond donors (Lipinski definition) is 1. The molecule has 0 aliphatic rings. The van der Waals surface area contributed by atoms with Crippen LogP contribution in [0.5, 0.6) is 0 Å². The van der Waals surface area contributed by atoms with Gasteiger partial charge in [-0.05, 0) is 18.2 Å². The van der Waals surface area contributed by atoms with Crippen LogP contribution in [0.15, 0.2) is 58.5 Å². The summed E-state index contributed by atoms with van der Waals surface area (Å²) < 4.78 is 6.38. The maximum Gasteiger partial charge on any atom is 0.234 e. The Bertz CT molecular complexity index is 844. The van der Waals surface area contributed by atoms with Gasteiger partial charge in [-0.25, -0.2) is 4.57 Å². The second-order valence-electron chi connectivity index (χ2n) is 4.88. The third-order valence-electron chi connectivity index (χ3n) is 3.12. The maximum absolute atomic E-state index is 12.0. The van der Waals surface area contributed by atoms with Crippen LogP contribution >= 0.6 is 11.8 Å². The van der Waals surface area contributed by atoms with Gasteiger partial charge in [-0.2, -0.15) is 0 Å². The Labute approximate surface area is 142 Å². The fraction of sp³-hybridized carbons (Fsp3) is 0.125. The van der Waals surface area contributed by atoms with E-state index in [2.05, 4.69) is 15.5 Å². The van der Waals surface area contributed by atoms with E-state index in [1.165, 1.54) is 24.0 Å². The lowest BCUT2D eigenvalue weighted by atomic mass is 10.3. The highest BCUT2D eigenvalue weighted by Crippen LogP contribution is 2.24. The van der Waals surface area contributed by atoms with Gasteiger partial charge in [-0.3, -0.25) is 9.59 Å². The van der Waals surface area contributed by atoms with Crippen LogP contribution in [0.25, 0.3) is 11.4 Å². The van der Waals surface area contributed by atoms with E-state index in [0.29, 0.717) is 16.5 Å². The van der Waals surface area contributed by atoms with E-state index < -0.39 is 0 Å². The van der Waals surface area contributed by atoms with E-state index in [9.17, 15) is 9.59 Å². The summed E-state index contributed by atoms with van der Waals surface area (Å²) in [4.78, 5) is 23.9. The van der Waals surface area contributed by atoms with Crippen LogP contribution in [0.2, 0.25) is 0 Å². The number of carbonyl (C=O) groups is 2. The molecule has 3 aromatic rings. The number of amides is 1. The Morgan fingerprint density at radius 2 is 2.00 bits per heavy atom. The first-order valence-corrected chi connectivity index (χ1v) is 8.10. The Hall–Kier alpha value is -2.87. The largest absolute Gasteiger partial charge is 0.472 e. The van der Waals surface area contributed by atoms with Gasteiger partial charge in [0, 0.05) is 12.6 Å². The van der Waals surface area contributed by atoms with Gasteiger partial charge < -0.3 is 9.73 Å². The molecule has 0 unspecified atom stereocenters. The van der Waals surface area contributed by atoms with Gasteiger partial charge in [0.1, 0.15) is 6.26 Å². The molecule has 24 heavy (non-hydrogen) atoms. The molecule has 0 atom stereocenters. The van der Waals surface area contributed by atoms with Crippen LogP contribution in [-0.2, 0) is 4.79 Å². The molecule has 0 radical (unpaired) electrons. The SMILES string of the molecule is CC(=O)n1c(SCC(=O)Nc2ccccc2)nnc1-c1ccoc1. The second kappa shape index (κ2) is 7.14. The number of nitrogens with one attached hydrogen (secondary N) is 1. The molecular weight excluding hydrogens is 328 g/mol. The fourth-order valence-corrected chi connectivity index (χ4v) is 2.85. The molecule has 3 rings (SSSR count). The molecule has 0 spiro atoms. The molecule has 1 N–H and O–H groups in total. The van der Waals surface area contributed by atoms with Crippen molar-refractivity contribution in [1.82, 2.24) is 14.8 Å². The number of para-hydroxylation sites is 1. The molecule has 1 aromatic carbocycles. The number of nitrogens with zero attached hydrogens (tertiary/aromatic N) is 3. The van der Waals surface area contributed by atoms with Crippen LogP contribution in [0.3, 0.4) is 0 Å². The Balaban J connectivity index is 1.71. The third-order valence-corrected chi connectivity index (χ3v) is 4.05. The first-order chi connectivity index (χ1) is 11.6. The van der Waals surface area contributed by atoms with Crippen LogP contribution in [-0.4, -0.2) is 32.3 Å². The maximum atomic E-state index is 12.0. The molecule has 0 saturated carbocycles. The number of anilines is 1. The van der Waals surface area contributed by atoms with Crippen LogP contribution in [0, 0.1) is 0 Å². The minimum absolute atomic E-state index is 0.117. The minimum atomic E-state index is -0.234.